The van der Waals surface area contributed by atoms with Crippen LogP contribution in [-0.4, -0.2) is 23.5 Å². The van der Waals surface area contributed by atoms with E-state index in [0.29, 0.717) is 15.9 Å². The molecule has 0 aliphatic heterocycles. The summed E-state index contributed by atoms with van der Waals surface area (Å²) >= 11 is 1.28. The Kier molecular flexibility index (Phi) is 5.82. The van der Waals surface area contributed by atoms with Crippen molar-refractivity contribution >= 4 is 28.2 Å². The fourth-order valence-corrected chi connectivity index (χ4v) is 2.25. The van der Waals surface area contributed by atoms with Gasteiger partial charge < -0.3 is 16.4 Å². The van der Waals surface area contributed by atoms with E-state index in [4.69, 9.17) is 5.73 Å². The normalized spacial score (nSPS) is 12.2. The fraction of sp³-hybridized carbons (Fsp3) is 0.538. The van der Waals surface area contributed by atoms with E-state index in [2.05, 4.69) is 36.0 Å². The van der Waals surface area contributed by atoms with E-state index in [-0.39, 0.29) is 17.8 Å². The van der Waals surface area contributed by atoms with Gasteiger partial charge in [0.15, 0.2) is 5.13 Å². The molecule has 0 radical (unpaired) electrons. The molecular weight excluding hydrogens is 260 g/mol. The van der Waals surface area contributed by atoms with Crippen LogP contribution in [0.5, 0.6) is 0 Å². The van der Waals surface area contributed by atoms with Crippen LogP contribution in [0.15, 0.2) is 12.7 Å². The molecular formula is C13H22N4OS. The van der Waals surface area contributed by atoms with Crippen LogP contribution >= 0.6 is 11.3 Å². The molecule has 5 nitrogen and oxygen atoms in total. The minimum atomic E-state index is -0.179. The number of rotatable bonds is 7. The van der Waals surface area contributed by atoms with Gasteiger partial charge in [-0.2, -0.15) is 0 Å². The number of thiazole rings is 1. The molecule has 1 atom stereocenters. The van der Waals surface area contributed by atoms with Gasteiger partial charge >= 0.3 is 0 Å². The predicted octanol–water partition coefficient (Wildman–Crippen LogP) is 2.49. The summed E-state index contributed by atoms with van der Waals surface area (Å²) in [4.78, 5) is 16.6. The lowest BCUT2D eigenvalue weighted by molar-refractivity contribution is 0.0945. The van der Waals surface area contributed by atoms with Gasteiger partial charge in [-0.05, 0) is 19.3 Å². The number of anilines is 2. The smallest absolute Gasteiger partial charge is 0.265 e. The van der Waals surface area contributed by atoms with Gasteiger partial charge in [0.25, 0.3) is 5.91 Å². The highest BCUT2D eigenvalue weighted by atomic mass is 32.1. The highest BCUT2D eigenvalue weighted by Crippen LogP contribution is 2.25. The molecule has 19 heavy (non-hydrogen) atoms. The van der Waals surface area contributed by atoms with Gasteiger partial charge in [-0.1, -0.05) is 31.3 Å². The molecule has 1 unspecified atom stereocenters. The molecule has 1 rings (SSSR count). The number of amides is 1. The number of nitrogen functional groups attached to an aromatic ring is 1. The summed E-state index contributed by atoms with van der Waals surface area (Å²) < 4.78 is 0. The van der Waals surface area contributed by atoms with Gasteiger partial charge in [0.05, 0.1) is 0 Å². The van der Waals surface area contributed by atoms with Crippen molar-refractivity contribution in [3.8, 4) is 0 Å². The third kappa shape index (κ3) is 4.90. The Labute approximate surface area is 118 Å². The molecule has 1 heterocycles. The number of carbonyl (C=O) groups is 1. The summed E-state index contributed by atoms with van der Waals surface area (Å²) in [7, 11) is 0. The SMILES string of the molecule is C=CCC(C)NC(=O)c1sc(NCC(C)C)nc1N. The van der Waals surface area contributed by atoms with Gasteiger partial charge in [-0.3, -0.25) is 4.79 Å². The van der Waals surface area contributed by atoms with E-state index in [9.17, 15) is 4.79 Å². The summed E-state index contributed by atoms with van der Waals surface area (Å²) in [6.45, 7) is 10.6. The molecule has 6 heteroatoms. The third-order valence-electron chi connectivity index (χ3n) is 2.42. The van der Waals surface area contributed by atoms with E-state index in [1.807, 2.05) is 6.92 Å². The first-order valence-corrected chi connectivity index (χ1v) is 7.17. The van der Waals surface area contributed by atoms with Crippen molar-refractivity contribution in [2.24, 2.45) is 5.92 Å². The molecule has 4 N–H and O–H groups in total. The number of carbonyl (C=O) groups excluding carboxylic acids is 1. The van der Waals surface area contributed by atoms with Crippen molar-refractivity contribution in [2.45, 2.75) is 33.2 Å². The van der Waals surface area contributed by atoms with Crippen LogP contribution in [0.1, 0.15) is 36.9 Å². The molecule has 0 aliphatic carbocycles. The summed E-state index contributed by atoms with van der Waals surface area (Å²) in [6, 6.07) is 0.0403. The van der Waals surface area contributed by atoms with Gasteiger partial charge in [0.1, 0.15) is 10.7 Å². The Morgan fingerprint density at radius 2 is 2.21 bits per heavy atom. The molecule has 1 aromatic rings. The molecule has 106 valence electrons. The van der Waals surface area contributed by atoms with E-state index in [1.54, 1.807) is 6.08 Å². The van der Waals surface area contributed by atoms with Crippen LogP contribution < -0.4 is 16.4 Å². The van der Waals surface area contributed by atoms with Gasteiger partial charge in [0, 0.05) is 12.6 Å². The molecule has 0 saturated carbocycles. The van der Waals surface area contributed by atoms with Crippen molar-refractivity contribution in [1.29, 1.82) is 0 Å². The van der Waals surface area contributed by atoms with Crippen LogP contribution in [0.2, 0.25) is 0 Å². The first-order chi connectivity index (χ1) is 8.93. The minimum Gasteiger partial charge on any atom is -0.382 e. The summed E-state index contributed by atoms with van der Waals surface area (Å²) in [6.07, 6.45) is 2.50. The lowest BCUT2D eigenvalue weighted by Gasteiger charge is -2.10. The maximum absolute atomic E-state index is 12.0. The Bertz CT molecular complexity index is 442. The Morgan fingerprint density at radius 1 is 1.53 bits per heavy atom. The molecule has 0 saturated heterocycles. The average Bonchev–Trinajstić information content (AvgIpc) is 2.68. The minimum absolute atomic E-state index is 0.0403. The standard InChI is InChI=1S/C13H22N4OS/c1-5-6-9(4)16-12(18)10-11(14)17-13(19-10)15-7-8(2)3/h5,8-9H,1,6-7,14H2,2-4H3,(H,15,17)(H,16,18). The third-order valence-corrected chi connectivity index (χ3v) is 3.45. The molecule has 0 fully saturated rings. The van der Waals surface area contributed by atoms with Crippen molar-refractivity contribution in [2.75, 3.05) is 17.6 Å². The zero-order valence-electron chi connectivity index (χ0n) is 11.7. The average molecular weight is 282 g/mol. The second kappa shape index (κ2) is 7.13. The quantitative estimate of drug-likeness (QED) is 0.671. The largest absolute Gasteiger partial charge is 0.382 e. The van der Waals surface area contributed by atoms with Crippen molar-refractivity contribution in [3.05, 3.63) is 17.5 Å². The van der Waals surface area contributed by atoms with Crippen LogP contribution in [0.25, 0.3) is 0 Å². The second-order valence-corrected chi connectivity index (χ2v) is 5.91. The molecule has 0 aromatic carbocycles. The predicted molar refractivity (Wildman–Crippen MR) is 81.6 cm³/mol. The Balaban J connectivity index is 2.67. The lowest BCUT2D eigenvalue weighted by Crippen LogP contribution is -2.31. The number of hydrogen-bond donors (Lipinski definition) is 3. The lowest BCUT2D eigenvalue weighted by atomic mass is 10.2. The second-order valence-electron chi connectivity index (χ2n) is 4.91. The molecule has 0 spiro atoms. The molecule has 1 aromatic heterocycles. The topological polar surface area (TPSA) is 80.0 Å². The van der Waals surface area contributed by atoms with Gasteiger partial charge in [-0.25, -0.2) is 4.98 Å². The monoisotopic (exact) mass is 282 g/mol. The maximum Gasteiger partial charge on any atom is 0.265 e. The van der Waals surface area contributed by atoms with Crippen molar-refractivity contribution in [3.63, 3.8) is 0 Å². The number of nitrogens with two attached hydrogens (primary N) is 1. The summed E-state index contributed by atoms with van der Waals surface area (Å²) in [5.74, 6) is 0.608. The van der Waals surface area contributed by atoms with E-state index in [1.165, 1.54) is 11.3 Å². The Morgan fingerprint density at radius 3 is 2.79 bits per heavy atom. The number of hydrogen-bond acceptors (Lipinski definition) is 5. The van der Waals surface area contributed by atoms with Crippen LogP contribution in [0, 0.1) is 5.92 Å². The maximum atomic E-state index is 12.0. The number of aromatic nitrogens is 1. The Hall–Kier alpha value is -1.56. The highest BCUT2D eigenvalue weighted by Gasteiger charge is 2.17. The summed E-state index contributed by atoms with van der Waals surface area (Å²) in [5, 5.41) is 6.73. The first kappa shape index (κ1) is 15.5. The molecule has 1 amide bonds. The molecule has 0 bridgehead atoms. The van der Waals surface area contributed by atoms with E-state index in [0.717, 1.165) is 13.0 Å². The fourth-order valence-electron chi connectivity index (χ4n) is 1.46. The van der Waals surface area contributed by atoms with Crippen LogP contribution in [-0.2, 0) is 0 Å². The zero-order chi connectivity index (χ0) is 14.4. The molecule has 0 aliphatic rings. The van der Waals surface area contributed by atoms with Gasteiger partial charge in [0.2, 0.25) is 0 Å². The summed E-state index contributed by atoms with van der Waals surface area (Å²) in [5.41, 5.74) is 5.78. The van der Waals surface area contributed by atoms with Crippen molar-refractivity contribution in [1.82, 2.24) is 10.3 Å². The van der Waals surface area contributed by atoms with Gasteiger partial charge in [-0.15, -0.1) is 6.58 Å². The van der Waals surface area contributed by atoms with E-state index >= 15 is 0 Å². The van der Waals surface area contributed by atoms with Crippen LogP contribution in [0.3, 0.4) is 0 Å². The first-order valence-electron chi connectivity index (χ1n) is 6.36. The number of nitrogens with one attached hydrogen (secondary N) is 2. The van der Waals surface area contributed by atoms with Crippen LogP contribution in [0.4, 0.5) is 10.9 Å². The highest BCUT2D eigenvalue weighted by molar-refractivity contribution is 7.18. The van der Waals surface area contributed by atoms with Crippen molar-refractivity contribution < 1.29 is 4.79 Å². The zero-order valence-corrected chi connectivity index (χ0v) is 12.5. The number of nitrogens with zero attached hydrogens (tertiary/aromatic N) is 1. The van der Waals surface area contributed by atoms with E-state index < -0.39 is 0 Å².